The zero-order valence-corrected chi connectivity index (χ0v) is 13.0. The summed E-state index contributed by atoms with van der Waals surface area (Å²) in [5, 5.41) is 11.5. The van der Waals surface area contributed by atoms with Crippen molar-refractivity contribution in [1.29, 1.82) is 0 Å². The molecule has 1 aromatic heterocycles. The first kappa shape index (κ1) is 14.7. The van der Waals surface area contributed by atoms with Crippen molar-refractivity contribution in [2.24, 2.45) is 12.5 Å². The molecule has 2 rings (SSSR count). The minimum Gasteiger partial charge on any atom is -0.312 e. The van der Waals surface area contributed by atoms with Gasteiger partial charge in [-0.15, -0.1) is 5.10 Å². The van der Waals surface area contributed by atoms with Crippen molar-refractivity contribution in [2.75, 3.05) is 6.54 Å². The quantitative estimate of drug-likeness (QED) is 0.865. The molecule has 1 aromatic rings. The van der Waals surface area contributed by atoms with Gasteiger partial charge in [0.15, 0.2) is 5.16 Å². The number of hydrogen-bond acceptors (Lipinski definition) is 4. The lowest BCUT2D eigenvalue weighted by atomic mass is 9.87. The van der Waals surface area contributed by atoms with Gasteiger partial charge in [-0.25, -0.2) is 9.89 Å². The zero-order chi connectivity index (χ0) is 14.0. The summed E-state index contributed by atoms with van der Waals surface area (Å²) < 4.78 is 1.59. The number of nitrogens with one attached hydrogen (secondary N) is 2. The van der Waals surface area contributed by atoms with Crippen LogP contribution in [0.2, 0.25) is 0 Å². The topological polar surface area (TPSA) is 62.7 Å². The maximum absolute atomic E-state index is 11.4. The summed E-state index contributed by atoms with van der Waals surface area (Å²) in [4.78, 5) is 11.4. The third-order valence-electron chi connectivity index (χ3n) is 4.00. The molecule has 0 amide bonds. The molecular weight excluding hydrogens is 260 g/mol. The third-order valence-corrected chi connectivity index (χ3v) is 5.38. The smallest absolute Gasteiger partial charge is 0.312 e. The molecule has 0 saturated heterocycles. The van der Waals surface area contributed by atoms with Crippen LogP contribution in [0, 0.1) is 5.41 Å². The third kappa shape index (κ3) is 3.05. The van der Waals surface area contributed by atoms with Crippen LogP contribution in [0.15, 0.2) is 9.95 Å². The predicted octanol–water partition coefficient (Wildman–Crippen LogP) is 1.76. The highest BCUT2D eigenvalue weighted by atomic mass is 32.2. The summed E-state index contributed by atoms with van der Waals surface area (Å²) in [6.45, 7) is 7.88. The number of H-pyrrole nitrogens is 1. The highest BCUT2D eigenvalue weighted by molar-refractivity contribution is 7.99. The normalized spacial score (nSPS) is 25.9. The first-order chi connectivity index (χ1) is 8.95. The van der Waals surface area contributed by atoms with Crippen molar-refractivity contribution in [3.05, 3.63) is 10.5 Å². The Morgan fingerprint density at radius 3 is 2.89 bits per heavy atom. The largest absolute Gasteiger partial charge is 0.343 e. The van der Waals surface area contributed by atoms with Crippen LogP contribution in [0.4, 0.5) is 0 Å². The lowest BCUT2D eigenvalue weighted by Gasteiger charge is -2.31. The number of aromatic nitrogens is 3. The zero-order valence-electron chi connectivity index (χ0n) is 12.2. The van der Waals surface area contributed by atoms with Crippen molar-refractivity contribution in [3.8, 4) is 0 Å². The molecule has 0 bridgehead atoms. The fraction of sp³-hybridized carbons (Fsp3) is 0.846. The maximum atomic E-state index is 11.4. The van der Waals surface area contributed by atoms with E-state index < -0.39 is 0 Å². The van der Waals surface area contributed by atoms with Crippen LogP contribution < -0.4 is 11.0 Å². The van der Waals surface area contributed by atoms with Crippen LogP contribution in [0.1, 0.15) is 40.0 Å². The standard InChI is InChI=1S/C13H24N4OS/c1-5-8-14-10-9(6-7-13(10,2)3)19-12-16-15-11(18)17(12)4/h9-10,14H,5-8H2,1-4H3,(H,15,18). The number of thioether (sulfide) groups is 1. The van der Waals surface area contributed by atoms with Crippen molar-refractivity contribution in [2.45, 2.75) is 56.5 Å². The van der Waals surface area contributed by atoms with Gasteiger partial charge in [0.05, 0.1) is 0 Å². The van der Waals surface area contributed by atoms with E-state index in [4.69, 9.17) is 0 Å². The van der Waals surface area contributed by atoms with Crippen LogP contribution >= 0.6 is 11.8 Å². The molecule has 1 aliphatic rings. The molecule has 6 heteroatoms. The van der Waals surface area contributed by atoms with Crippen LogP contribution in [-0.2, 0) is 7.05 Å². The average Bonchev–Trinajstić information content (AvgIpc) is 2.82. The molecule has 108 valence electrons. The molecule has 0 spiro atoms. The fourth-order valence-corrected chi connectivity index (χ4v) is 4.19. The van der Waals surface area contributed by atoms with Gasteiger partial charge in [-0.3, -0.25) is 4.57 Å². The first-order valence-corrected chi connectivity index (χ1v) is 7.85. The van der Waals surface area contributed by atoms with Gasteiger partial charge in [0.25, 0.3) is 0 Å². The van der Waals surface area contributed by atoms with Crippen molar-refractivity contribution >= 4 is 11.8 Å². The van der Waals surface area contributed by atoms with E-state index in [9.17, 15) is 4.79 Å². The van der Waals surface area contributed by atoms with Crippen molar-refractivity contribution in [3.63, 3.8) is 0 Å². The lowest BCUT2D eigenvalue weighted by Crippen LogP contribution is -2.43. The number of aromatic amines is 1. The molecule has 2 unspecified atom stereocenters. The summed E-state index contributed by atoms with van der Waals surface area (Å²) in [5.74, 6) is 0. The average molecular weight is 284 g/mol. The molecule has 0 radical (unpaired) electrons. The van der Waals surface area contributed by atoms with E-state index >= 15 is 0 Å². The van der Waals surface area contributed by atoms with Crippen molar-refractivity contribution in [1.82, 2.24) is 20.1 Å². The van der Waals surface area contributed by atoms with Gasteiger partial charge < -0.3 is 5.32 Å². The molecule has 2 atom stereocenters. The van der Waals surface area contributed by atoms with Gasteiger partial charge in [0.2, 0.25) is 0 Å². The number of nitrogens with zero attached hydrogens (tertiary/aromatic N) is 2. The van der Waals surface area contributed by atoms with E-state index in [0.717, 1.165) is 18.1 Å². The summed E-state index contributed by atoms with van der Waals surface area (Å²) in [6.07, 6.45) is 3.52. The second-order valence-electron chi connectivity index (χ2n) is 5.99. The molecule has 1 saturated carbocycles. The Morgan fingerprint density at radius 1 is 1.58 bits per heavy atom. The Labute approximate surface area is 118 Å². The second kappa shape index (κ2) is 5.71. The van der Waals surface area contributed by atoms with E-state index in [1.165, 1.54) is 12.8 Å². The Balaban J connectivity index is 2.10. The number of rotatable bonds is 5. The van der Waals surface area contributed by atoms with E-state index in [1.54, 1.807) is 23.4 Å². The van der Waals surface area contributed by atoms with Crippen LogP contribution in [0.25, 0.3) is 0 Å². The summed E-state index contributed by atoms with van der Waals surface area (Å²) >= 11 is 1.72. The van der Waals surface area contributed by atoms with Gasteiger partial charge >= 0.3 is 5.69 Å². The van der Waals surface area contributed by atoms with Crippen LogP contribution in [-0.4, -0.2) is 32.6 Å². The minimum atomic E-state index is -0.141. The molecule has 1 fully saturated rings. The summed E-state index contributed by atoms with van der Waals surface area (Å²) in [6, 6.07) is 0.476. The SMILES string of the molecule is CCCNC1C(Sc2n[nH]c(=O)n2C)CCC1(C)C. The van der Waals surface area contributed by atoms with E-state index in [1.807, 2.05) is 0 Å². The molecular formula is C13H24N4OS. The Hall–Kier alpha value is -0.750. The Bertz CT molecular complexity index is 479. The van der Waals surface area contributed by atoms with E-state index in [-0.39, 0.29) is 5.69 Å². The Kier molecular flexibility index (Phi) is 4.40. The van der Waals surface area contributed by atoms with Crippen molar-refractivity contribution < 1.29 is 0 Å². The van der Waals surface area contributed by atoms with Crippen LogP contribution in [0.5, 0.6) is 0 Å². The van der Waals surface area contributed by atoms with E-state index in [0.29, 0.717) is 16.7 Å². The predicted molar refractivity (Wildman–Crippen MR) is 78.6 cm³/mol. The summed E-state index contributed by atoms with van der Waals surface area (Å²) in [7, 11) is 1.77. The van der Waals surface area contributed by atoms with E-state index in [2.05, 4.69) is 36.3 Å². The molecule has 2 N–H and O–H groups in total. The van der Waals surface area contributed by atoms with Crippen LogP contribution in [0.3, 0.4) is 0 Å². The second-order valence-corrected chi connectivity index (χ2v) is 7.19. The first-order valence-electron chi connectivity index (χ1n) is 6.97. The fourth-order valence-electron chi connectivity index (χ4n) is 2.75. The summed E-state index contributed by atoms with van der Waals surface area (Å²) in [5.41, 5.74) is 0.167. The maximum Gasteiger partial charge on any atom is 0.343 e. The molecule has 0 aliphatic heterocycles. The monoisotopic (exact) mass is 284 g/mol. The lowest BCUT2D eigenvalue weighted by molar-refractivity contribution is 0.287. The van der Waals surface area contributed by atoms with Gasteiger partial charge in [-0.2, -0.15) is 0 Å². The van der Waals surface area contributed by atoms with Gasteiger partial charge in [-0.05, 0) is 31.2 Å². The molecule has 1 aliphatic carbocycles. The molecule has 5 nitrogen and oxygen atoms in total. The van der Waals surface area contributed by atoms with Gasteiger partial charge in [0, 0.05) is 18.3 Å². The number of hydrogen-bond donors (Lipinski definition) is 2. The highest BCUT2D eigenvalue weighted by Crippen LogP contribution is 2.44. The highest BCUT2D eigenvalue weighted by Gasteiger charge is 2.42. The Morgan fingerprint density at radius 2 is 2.32 bits per heavy atom. The van der Waals surface area contributed by atoms with Gasteiger partial charge in [0.1, 0.15) is 0 Å². The minimum absolute atomic E-state index is 0.141. The molecule has 0 aromatic carbocycles. The van der Waals surface area contributed by atoms with Gasteiger partial charge in [-0.1, -0.05) is 32.5 Å². The molecule has 19 heavy (non-hydrogen) atoms. The molecule has 1 heterocycles.